The number of aliphatic carboxylic acids is 1. The predicted molar refractivity (Wildman–Crippen MR) is 38.0 cm³/mol. The van der Waals surface area contributed by atoms with Gasteiger partial charge in [-0.05, 0) is 6.07 Å². The summed E-state index contributed by atoms with van der Waals surface area (Å²) in [6.45, 7) is 0. The highest BCUT2D eigenvalue weighted by atomic mass is 19.4. The maximum absolute atomic E-state index is 12.0. The highest BCUT2D eigenvalue weighted by Gasteiger charge is 2.33. The van der Waals surface area contributed by atoms with Crippen LogP contribution in [0.5, 0.6) is 0 Å². The van der Waals surface area contributed by atoms with E-state index >= 15 is 0 Å². The fourth-order valence-corrected chi connectivity index (χ4v) is 0.642. The van der Waals surface area contributed by atoms with Crippen molar-refractivity contribution >= 4 is 5.97 Å². The second-order valence-electron chi connectivity index (χ2n) is 2.19. The summed E-state index contributed by atoms with van der Waals surface area (Å²) in [5.74, 6) is 0.190. The van der Waals surface area contributed by atoms with Gasteiger partial charge in [0.05, 0.1) is 0 Å². The molecular weight excluding hydrogens is 201 g/mol. The quantitative estimate of drug-likeness (QED) is 0.636. The highest BCUT2D eigenvalue weighted by molar-refractivity contribution is 5.86. The molecule has 74 valence electrons. The summed E-state index contributed by atoms with van der Waals surface area (Å²) in [6, 6.07) is 2.60. The molecule has 7 heteroatoms. The van der Waals surface area contributed by atoms with E-state index in [-0.39, 0.29) is 0 Å². The third-order valence-electron chi connectivity index (χ3n) is 1.16. The Bertz CT molecular complexity index is 411. The number of carboxylic acid groups (broad SMARTS) is 1. The van der Waals surface area contributed by atoms with Crippen LogP contribution in [0.4, 0.5) is 13.2 Å². The zero-order chi connectivity index (χ0) is 10.8. The Morgan fingerprint density at radius 3 is 2.64 bits per heavy atom. The number of hydrogen-bond acceptors (Lipinski definition) is 2. The SMILES string of the molecule is O=C(O)C#Cn1ccc(C(F)(F)F)n1. The first-order chi connectivity index (χ1) is 6.39. The van der Waals surface area contributed by atoms with Gasteiger partial charge in [-0.25, -0.2) is 4.79 Å². The Labute approximate surface area is 75.9 Å². The molecule has 0 amide bonds. The standard InChI is InChI=1S/C7H3F3N2O2/c8-7(9,10)5-1-3-12(11-5)4-2-6(13)14/h1,3H,(H,13,14). The number of carbonyl (C=O) groups is 1. The molecule has 0 atom stereocenters. The topological polar surface area (TPSA) is 55.1 Å². The summed E-state index contributed by atoms with van der Waals surface area (Å²) in [7, 11) is 0. The Morgan fingerprint density at radius 2 is 2.21 bits per heavy atom. The first-order valence-electron chi connectivity index (χ1n) is 3.27. The van der Waals surface area contributed by atoms with E-state index in [0.29, 0.717) is 10.7 Å². The molecule has 0 fully saturated rings. The van der Waals surface area contributed by atoms with Gasteiger partial charge in [-0.1, -0.05) is 0 Å². The number of rotatable bonds is 0. The lowest BCUT2D eigenvalue weighted by atomic mass is 10.4. The van der Waals surface area contributed by atoms with Crippen LogP contribution in [0, 0.1) is 12.0 Å². The first kappa shape index (κ1) is 10.1. The molecular formula is C7H3F3N2O2. The fourth-order valence-electron chi connectivity index (χ4n) is 0.642. The lowest BCUT2D eigenvalue weighted by Gasteiger charge is -1.98. The van der Waals surface area contributed by atoms with Crippen LogP contribution < -0.4 is 0 Å². The monoisotopic (exact) mass is 204 g/mol. The average molecular weight is 204 g/mol. The van der Waals surface area contributed by atoms with Gasteiger partial charge in [-0.15, -0.1) is 0 Å². The number of hydrogen-bond donors (Lipinski definition) is 1. The normalized spacial score (nSPS) is 10.5. The molecule has 14 heavy (non-hydrogen) atoms. The maximum Gasteiger partial charge on any atom is 0.435 e. The largest absolute Gasteiger partial charge is 0.472 e. The average Bonchev–Trinajstić information content (AvgIpc) is 2.47. The van der Waals surface area contributed by atoms with Gasteiger partial charge < -0.3 is 5.11 Å². The second-order valence-corrected chi connectivity index (χ2v) is 2.19. The molecule has 1 heterocycles. The van der Waals surface area contributed by atoms with Crippen LogP contribution >= 0.6 is 0 Å². The lowest BCUT2D eigenvalue weighted by Crippen LogP contribution is -2.06. The molecule has 0 aliphatic heterocycles. The molecule has 1 aromatic rings. The molecule has 0 unspecified atom stereocenters. The number of carboxylic acids is 1. The molecule has 0 saturated carbocycles. The summed E-state index contributed by atoms with van der Waals surface area (Å²) in [5, 5.41) is 11.1. The van der Waals surface area contributed by atoms with Gasteiger partial charge in [0.1, 0.15) is 0 Å². The van der Waals surface area contributed by atoms with E-state index < -0.39 is 17.8 Å². The Morgan fingerprint density at radius 1 is 1.57 bits per heavy atom. The van der Waals surface area contributed by atoms with E-state index in [4.69, 9.17) is 5.11 Å². The predicted octanol–water partition coefficient (Wildman–Crippen LogP) is 0.796. The second kappa shape index (κ2) is 3.41. The van der Waals surface area contributed by atoms with Crippen LogP contribution in [0.1, 0.15) is 5.69 Å². The number of nitrogens with zero attached hydrogens (tertiary/aromatic N) is 2. The molecule has 0 aliphatic carbocycles. The smallest absolute Gasteiger partial charge is 0.435 e. The molecule has 0 bridgehead atoms. The number of alkyl halides is 3. The minimum Gasteiger partial charge on any atom is -0.472 e. The molecule has 1 N–H and O–H groups in total. The molecule has 1 rings (SSSR count). The van der Waals surface area contributed by atoms with E-state index in [1.165, 1.54) is 0 Å². The van der Waals surface area contributed by atoms with Gasteiger partial charge >= 0.3 is 12.1 Å². The summed E-state index contributed by atoms with van der Waals surface area (Å²) in [6.07, 6.45) is -3.62. The summed E-state index contributed by atoms with van der Waals surface area (Å²) in [5.41, 5.74) is -1.11. The minimum absolute atomic E-state index is 0.594. The molecule has 0 aromatic carbocycles. The summed E-state index contributed by atoms with van der Waals surface area (Å²) in [4.78, 5) is 9.94. The van der Waals surface area contributed by atoms with Crippen LogP contribution in [-0.4, -0.2) is 20.9 Å². The molecule has 0 saturated heterocycles. The Balaban J connectivity index is 2.91. The van der Waals surface area contributed by atoms with E-state index in [0.717, 1.165) is 6.20 Å². The van der Waals surface area contributed by atoms with Crippen LogP contribution in [0.3, 0.4) is 0 Å². The Kier molecular flexibility index (Phi) is 2.47. The van der Waals surface area contributed by atoms with Crippen molar-refractivity contribution in [2.24, 2.45) is 0 Å². The van der Waals surface area contributed by atoms with Gasteiger partial charge in [-0.3, -0.25) is 0 Å². The summed E-state index contributed by atoms with van der Waals surface area (Å²) >= 11 is 0. The van der Waals surface area contributed by atoms with E-state index in [9.17, 15) is 18.0 Å². The van der Waals surface area contributed by atoms with Gasteiger partial charge in [-0.2, -0.15) is 23.0 Å². The van der Waals surface area contributed by atoms with Crippen LogP contribution in [-0.2, 0) is 11.0 Å². The van der Waals surface area contributed by atoms with E-state index in [1.807, 2.05) is 6.04 Å². The zero-order valence-electron chi connectivity index (χ0n) is 6.54. The Hall–Kier alpha value is -1.97. The fraction of sp³-hybridized carbons (Fsp3) is 0.143. The van der Waals surface area contributed by atoms with Crippen molar-refractivity contribution in [3.05, 3.63) is 18.0 Å². The first-order valence-corrected chi connectivity index (χ1v) is 3.27. The van der Waals surface area contributed by atoms with E-state index in [2.05, 4.69) is 5.10 Å². The molecule has 1 aromatic heterocycles. The van der Waals surface area contributed by atoms with Gasteiger partial charge in [0.15, 0.2) is 5.69 Å². The third kappa shape index (κ3) is 2.52. The number of aromatic nitrogens is 2. The van der Waals surface area contributed by atoms with Crippen molar-refractivity contribution in [3.63, 3.8) is 0 Å². The number of halogens is 3. The molecule has 4 nitrogen and oxygen atoms in total. The molecule has 0 radical (unpaired) electrons. The third-order valence-corrected chi connectivity index (χ3v) is 1.16. The van der Waals surface area contributed by atoms with Crippen molar-refractivity contribution in [1.82, 2.24) is 9.78 Å². The zero-order valence-corrected chi connectivity index (χ0v) is 6.54. The van der Waals surface area contributed by atoms with Gasteiger partial charge in [0.2, 0.25) is 0 Å². The summed E-state index contributed by atoms with van der Waals surface area (Å²) < 4.78 is 36.5. The van der Waals surface area contributed by atoms with Crippen molar-refractivity contribution in [2.45, 2.75) is 6.18 Å². The maximum atomic E-state index is 12.0. The van der Waals surface area contributed by atoms with E-state index in [1.54, 1.807) is 5.92 Å². The van der Waals surface area contributed by atoms with Crippen LogP contribution in [0.2, 0.25) is 0 Å². The van der Waals surface area contributed by atoms with Crippen molar-refractivity contribution in [1.29, 1.82) is 0 Å². The molecule has 0 spiro atoms. The molecule has 0 aliphatic rings. The van der Waals surface area contributed by atoms with Crippen molar-refractivity contribution in [3.8, 4) is 12.0 Å². The van der Waals surface area contributed by atoms with Gasteiger partial charge in [0, 0.05) is 18.2 Å². The van der Waals surface area contributed by atoms with Crippen LogP contribution in [0.25, 0.3) is 0 Å². The van der Waals surface area contributed by atoms with Crippen molar-refractivity contribution < 1.29 is 23.1 Å². The lowest BCUT2D eigenvalue weighted by molar-refractivity contribution is -0.141. The highest BCUT2D eigenvalue weighted by Crippen LogP contribution is 2.26. The van der Waals surface area contributed by atoms with Crippen LogP contribution in [0.15, 0.2) is 12.3 Å². The van der Waals surface area contributed by atoms with Crippen molar-refractivity contribution in [2.75, 3.05) is 0 Å². The minimum atomic E-state index is -4.55. The van der Waals surface area contributed by atoms with Gasteiger partial charge in [0.25, 0.3) is 0 Å².